The summed E-state index contributed by atoms with van der Waals surface area (Å²) < 4.78 is 38.7. The molecule has 0 fully saturated rings. The molecular formula is C26H30N4O5S. The number of hydrogen-bond donors (Lipinski definition) is 1. The maximum atomic E-state index is 13.5. The van der Waals surface area contributed by atoms with Gasteiger partial charge in [0.1, 0.15) is 6.54 Å². The van der Waals surface area contributed by atoms with Gasteiger partial charge in [0, 0.05) is 25.8 Å². The van der Waals surface area contributed by atoms with E-state index in [2.05, 4.69) is 10.5 Å². The Kier molecular flexibility index (Phi) is 8.55. The highest BCUT2D eigenvalue weighted by Gasteiger charge is 2.28. The van der Waals surface area contributed by atoms with E-state index in [-0.39, 0.29) is 10.6 Å². The molecule has 0 radical (unpaired) electrons. The molecule has 1 amide bonds. The summed E-state index contributed by atoms with van der Waals surface area (Å²) in [6.07, 6.45) is 1.49. The van der Waals surface area contributed by atoms with Crippen molar-refractivity contribution in [2.75, 3.05) is 44.1 Å². The van der Waals surface area contributed by atoms with Crippen LogP contribution in [-0.2, 0) is 14.8 Å². The summed E-state index contributed by atoms with van der Waals surface area (Å²) in [5.41, 5.74) is 5.38. The third-order valence-corrected chi connectivity index (χ3v) is 7.15. The van der Waals surface area contributed by atoms with Crippen LogP contribution in [0.25, 0.3) is 0 Å². The molecule has 0 atom stereocenters. The molecule has 0 aliphatic heterocycles. The van der Waals surface area contributed by atoms with Gasteiger partial charge in [-0.05, 0) is 48.9 Å². The Bertz CT molecular complexity index is 1320. The molecule has 36 heavy (non-hydrogen) atoms. The lowest BCUT2D eigenvalue weighted by Crippen LogP contribution is -2.39. The van der Waals surface area contributed by atoms with Crippen molar-refractivity contribution in [3.63, 3.8) is 0 Å². The lowest BCUT2D eigenvalue weighted by atomic mass is 10.2. The van der Waals surface area contributed by atoms with Crippen LogP contribution in [0.1, 0.15) is 11.1 Å². The molecule has 0 saturated heterocycles. The zero-order valence-electron chi connectivity index (χ0n) is 20.9. The molecule has 1 N–H and O–H groups in total. The number of ether oxygens (including phenoxy) is 2. The predicted molar refractivity (Wildman–Crippen MR) is 142 cm³/mol. The smallest absolute Gasteiger partial charge is 0.264 e. The summed E-state index contributed by atoms with van der Waals surface area (Å²) in [5.74, 6) is 0.156. The number of nitrogens with one attached hydrogen (secondary N) is 1. The fraction of sp³-hybridized carbons (Fsp3) is 0.231. The highest BCUT2D eigenvalue weighted by molar-refractivity contribution is 7.92. The molecule has 0 aliphatic rings. The molecule has 3 aromatic rings. The monoisotopic (exact) mass is 510 g/mol. The summed E-state index contributed by atoms with van der Waals surface area (Å²) in [4.78, 5) is 14.8. The van der Waals surface area contributed by atoms with Crippen LogP contribution in [-0.4, -0.2) is 55.4 Å². The second-order valence-electron chi connectivity index (χ2n) is 8.14. The second-order valence-corrected chi connectivity index (χ2v) is 10.0. The van der Waals surface area contributed by atoms with Crippen molar-refractivity contribution in [1.82, 2.24) is 5.43 Å². The van der Waals surface area contributed by atoms with Gasteiger partial charge in [0.25, 0.3) is 15.9 Å². The lowest BCUT2D eigenvalue weighted by molar-refractivity contribution is -0.119. The minimum Gasteiger partial charge on any atom is -0.493 e. The van der Waals surface area contributed by atoms with E-state index in [1.165, 1.54) is 38.6 Å². The van der Waals surface area contributed by atoms with E-state index >= 15 is 0 Å². The molecular weight excluding hydrogens is 480 g/mol. The van der Waals surface area contributed by atoms with Gasteiger partial charge >= 0.3 is 0 Å². The third kappa shape index (κ3) is 6.33. The normalized spacial score (nSPS) is 11.2. The minimum absolute atomic E-state index is 0.0557. The van der Waals surface area contributed by atoms with E-state index in [1.54, 1.807) is 24.3 Å². The molecule has 0 unspecified atom stereocenters. The van der Waals surface area contributed by atoms with Gasteiger partial charge < -0.3 is 14.4 Å². The van der Waals surface area contributed by atoms with E-state index in [0.29, 0.717) is 11.5 Å². The molecule has 10 heteroatoms. The van der Waals surface area contributed by atoms with Gasteiger partial charge in [-0.3, -0.25) is 9.10 Å². The number of aryl methyl sites for hydroxylation is 1. The van der Waals surface area contributed by atoms with E-state index in [4.69, 9.17) is 9.47 Å². The number of sulfonamides is 1. The summed E-state index contributed by atoms with van der Waals surface area (Å²) >= 11 is 0. The standard InChI is InChI=1S/C26H30N4O5S/c1-19-6-13-23(14-7-19)36(32,33)30(22-12-15-24(34-4)25(16-22)35-5)18-26(31)28-27-17-20-8-10-21(11-9-20)29(2)3/h6-17H,18H2,1-5H3,(H,28,31)/b27-17-. The maximum Gasteiger partial charge on any atom is 0.264 e. The fourth-order valence-electron chi connectivity index (χ4n) is 3.34. The van der Waals surface area contributed by atoms with Gasteiger partial charge in [-0.25, -0.2) is 13.8 Å². The summed E-state index contributed by atoms with van der Waals surface area (Å²) in [6.45, 7) is 1.37. The molecule has 0 aromatic heterocycles. The number of nitrogens with zero attached hydrogens (tertiary/aromatic N) is 3. The van der Waals surface area contributed by atoms with Crippen molar-refractivity contribution in [2.24, 2.45) is 5.10 Å². The van der Waals surface area contributed by atoms with Crippen LogP contribution in [0.3, 0.4) is 0 Å². The first-order valence-corrected chi connectivity index (χ1v) is 12.5. The molecule has 3 aromatic carbocycles. The highest BCUT2D eigenvalue weighted by Crippen LogP contribution is 2.33. The van der Waals surface area contributed by atoms with E-state index in [1.807, 2.05) is 50.2 Å². The van der Waals surface area contributed by atoms with Gasteiger partial charge in [0.2, 0.25) is 0 Å². The SMILES string of the molecule is COc1ccc(N(CC(=O)N/N=C\c2ccc(N(C)C)cc2)S(=O)(=O)c2ccc(C)cc2)cc1OC. The Morgan fingerprint density at radius 3 is 2.11 bits per heavy atom. The number of carbonyl (C=O) groups excluding carboxylic acids is 1. The second kappa shape index (κ2) is 11.6. The summed E-state index contributed by atoms with van der Waals surface area (Å²) in [5, 5.41) is 3.99. The van der Waals surface area contributed by atoms with Crippen molar-refractivity contribution in [2.45, 2.75) is 11.8 Å². The molecule has 3 rings (SSSR count). The highest BCUT2D eigenvalue weighted by atomic mass is 32.2. The number of rotatable bonds is 10. The van der Waals surface area contributed by atoms with E-state index in [0.717, 1.165) is 21.1 Å². The number of anilines is 2. The number of carbonyl (C=O) groups is 1. The van der Waals surface area contributed by atoms with Gasteiger partial charge in [-0.2, -0.15) is 5.10 Å². The Morgan fingerprint density at radius 1 is 0.917 bits per heavy atom. The summed E-state index contributed by atoms with van der Waals surface area (Å²) in [7, 11) is 2.74. The van der Waals surface area contributed by atoms with Crippen molar-refractivity contribution < 1.29 is 22.7 Å². The van der Waals surface area contributed by atoms with Crippen LogP contribution >= 0.6 is 0 Å². The average molecular weight is 511 g/mol. The first kappa shape index (κ1) is 26.6. The molecule has 190 valence electrons. The molecule has 0 bridgehead atoms. The van der Waals surface area contributed by atoms with Crippen molar-refractivity contribution in [3.8, 4) is 11.5 Å². The van der Waals surface area contributed by atoms with Crippen molar-refractivity contribution in [3.05, 3.63) is 77.9 Å². The van der Waals surface area contributed by atoms with E-state index < -0.39 is 22.5 Å². The fourth-order valence-corrected chi connectivity index (χ4v) is 4.75. The third-order valence-electron chi connectivity index (χ3n) is 5.36. The quantitative estimate of drug-likeness (QED) is 0.331. The van der Waals surface area contributed by atoms with E-state index in [9.17, 15) is 13.2 Å². The lowest BCUT2D eigenvalue weighted by Gasteiger charge is -2.24. The molecule has 0 saturated carbocycles. The molecule has 0 heterocycles. The van der Waals surface area contributed by atoms with Crippen LogP contribution in [0.5, 0.6) is 11.5 Å². The van der Waals surface area contributed by atoms with Crippen LogP contribution < -0.4 is 24.1 Å². The summed E-state index contributed by atoms with van der Waals surface area (Å²) in [6, 6.07) is 18.6. The number of amides is 1. The molecule has 9 nitrogen and oxygen atoms in total. The van der Waals surface area contributed by atoms with Crippen molar-refractivity contribution in [1.29, 1.82) is 0 Å². The zero-order valence-corrected chi connectivity index (χ0v) is 21.7. The predicted octanol–water partition coefficient (Wildman–Crippen LogP) is 3.42. The first-order chi connectivity index (χ1) is 17.1. The first-order valence-electron chi connectivity index (χ1n) is 11.1. The number of hydrazone groups is 1. The van der Waals surface area contributed by atoms with Crippen LogP contribution in [0.4, 0.5) is 11.4 Å². The Morgan fingerprint density at radius 2 is 1.53 bits per heavy atom. The molecule has 0 spiro atoms. The number of hydrogen-bond acceptors (Lipinski definition) is 7. The largest absolute Gasteiger partial charge is 0.493 e. The Labute approximate surface area is 212 Å². The Hall–Kier alpha value is -4.05. The Balaban J connectivity index is 1.87. The molecule has 0 aliphatic carbocycles. The number of methoxy groups -OCH3 is 2. The topological polar surface area (TPSA) is 101 Å². The van der Waals surface area contributed by atoms with Gasteiger partial charge in [-0.1, -0.05) is 29.8 Å². The zero-order chi connectivity index (χ0) is 26.3. The van der Waals surface area contributed by atoms with Crippen LogP contribution in [0.2, 0.25) is 0 Å². The van der Waals surface area contributed by atoms with Crippen molar-refractivity contribution >= 4 is 33.5 Å². The van der Waals surface area contributed by atoms with Crippen LogP contribution in [0.15, 0.2) is 76.7 Å². The van der Waals surface area contributed by atoms with Gasteiger partial charge in [0.05, 0.1) is 31.0 Å². The number of benzene rings is 3. The average Bonchev–Trinajstić information content (AvgIpc) is 2.87. The van der Waals surface area contributed by atoms with Gasteiger partial charge in [-0.15, -0.1) is 0 Å². The minimum atomic E-state index is -4.08. The van der Waals surface area contributed by atoms with Crippen LogP contribution in [0, 0.1) is 6.92 Å². The van der Waals surface area contributed by atoms with Gasteiger partial charge in [0.15, 0.2) is 11.5 Å². The maximum absolute atomic E-state index is 13.5.